The summed E-state index contributed by atoms with van der Waals surface area (Å²) in [6, 6.07) is 0.533. The lowest BCUT2D eigenvalue weighted by atomic mass is 9.96. The van der Waals surface area contributed by atoms with Crippen molar-refractivity contribution in [1.29, 1.82) is 0 Å². The maximum absolute atomic E-state index is 5.66. The predicted octanol–water partition coefficient (Wildman–Crippen LogP) is 2.03. The minimum absolute atomic E-state index is 0.0140. The second-order valence-corrected chi connectivity index (χ2v) is 8.47. The molecule has 0 aliphatic heterocycles. The monoisotopic (exact) mass is 260 g/mol. The Labute approximate surface area is 107 Å². The van der Waals surface area contributed by atoms with E-state index in [0.29, 0.717) is 6.04 Å². The van der Waals surface area contributed by atoms with Crippen LogP contribution < -0.4 is 9.96 Å². The number of hydrogen-bond donors (Lipinski definition) is 2. The molecule has 1 aliphatic rings. The minimum Gasteiger partial charge on any atom is -0.374 e. The smallest absolute Gasteiger partial charge is 0.374 e. The molecule has 102 valence electrons. The van der Waals surface area contributed by atoms with Gasteiger partial charge in [0.05, 0.1) is 0 Å². The van der Waals surface area contributed by atoms with Crippen molar-refractivity contribution in [2.75, 3.05) is 14.2 Å². The van der Waals surface area contributed by atoms with E-state index in [0.717, 1.165) is 0 Å². The fourth-order valence-electron chi connectivity index (χ4n) is 2.35. The van der Waals surface area contributed by atoms with Gasteiger partial charge in [-0.1, -0.05) is 19.3 Å². The van der Waals surface area contributed by atoms with Gasteiger partial charge in [0.1, 0.15) is 0 Å². The zero-order valence-electron chi connectivity index (χ0n) is 11.9. The van der Waals surface area contributed by atoms with Crippen LogP contribution in [0, 0.1) is 0 Å². The van der Waals surface area contributed by atoms with Crippen LogP contribution in [0.4, 0.5) is 0 Å². The Morgan fingerprint density at radius 1 is 1.00 bits per heavy atom. The van der Waals surface area contributed by atoms with Crippen LogP contribution in [0.15, 0.2) is 0 Å². The molecule has 0 aromatic heterocycles. The Hall–Kier alpha value is 0.0569. The van der Waals surface area contributed by atoms with Gasteiger partial charge in [-0.05, 0) is 33.6 Å². The molecule has 0 heterocycles. The summed E-state index contributed by atoms with van der Waals surface area (Å²) in [5.74, 6) is 0. The second-order valence-electron chi connectivity index (χ2n) is 5.88. The van der Waals surface area contributed by atoms with Crippen molar-refractivity contribution in [2.45, 2.75) is 64.5 Å². The Kier molecular flexibility index (Phi) is 5.59. The molecule has 1 saturated carbocycles. The van der Waals surface area contributed by atoms with E-state index < -0.39 is 8.88 Å². The number of nitrogens with one attached hydrogen (secondary N) is 2. The van der Waals surface area contributed by atoms with Crippen LogP contribution in [0.25, 0.3) is 0 Å². The molecule has 1 fully saturated rings. The summed E-state index contributed by atoms with van der Waals surface area (Å²) < 4.78 is 11.3. The molecule has 0 radical (unpaired) electrons. The lowest BCUT2D eigenvalue weighted by Crippen LogP contribution is -2.72. The van der Waals surface area contributed by atoms with Crippen LogP contribution in [0.2, 0.25) is 0 Å². The quantitative estimate of drug-likeness (QED) is 0.742. The third-order valence-corrected chi connectivity index (χ3v) is 6.13. The van der Waals surface area contributed by atoms with Crippen molar-refractivity contribution in [1.82, 2.24) is 9.96 Å². The van der Waals surface area contributed by atoms with Gasteiger partial charge in [0.15, 0.2) is 0 Å². The maximum atomic E-state index is 5.66. The molecule has 0 spiro atoms. The van der Waals surface area contributed by atoms with E-state index in [-0.39, 0.29) is 5.54 Å². The Balaban J connectivity index is 2.62. The second kappa shape index (κ2) is 6.29. The largest absolute Gasteiger partial charge is 0.517 e. The molecule has 1 aliphatic carbocycles. The van der Waals surface area contributed by atoms with E-state index in [4.69, 9.17) is 8.85 Å². The fourth-order valence-corrected chi connectivity index (χ4v) is 4.84. The first kappa shape index (κ1) is 15.1. The fraction of sp³-hybridized carbons (Fsp3) is 1.00. The highest BCUT2D eigenvalue weighted by Crippen LogP contribution is 2.19. The molecule has 0 unspecified atom stereocenters. The van der Waals surface area contributed by atoms with Gasteiger partial charge in [0.25, 0.3) is 0 Å². The highest BCUT2D eigenvalue weighted by Gasteiger charge is 2.42. The molecule has 0 saturated heterocycles. The summed E-state index contributed by atoms with van der Waals surface area (Å²) in [6.45, 7) is 6.40. The molecular formula is C12H28N2O2Si. The van der Waals surface area contributed by atoms with Gasteiger partial charge >= 0.3 is 8.88 Å². The van der Waals surface area contributed by atoms with Crippen LogP contribution in [0.3, 0.4) is 0 Å². The van der Waals surface area contributed by atoms with Crippen LogP contribution in [0.1, 0.15) is 52.9 Å². The first-order valence-electron chi connectivity index (χ1n) is 6.58. The SMILES string of the molecule is CO[Si](NC1CCCCC1)(NC(C)(C)C)OC. The molecular weight excluding hydrogens is 232 g/mol. The normalized spacial score (nSPS) is 19.6. The van der Waals surface area contributed by atoms with Gasteiger partial charge in [-0.2, -0.15) is 0 Å². The van der Waals surface area contributed by atoms with E-state index in [1.165, 1.54) is 32.1 Å². The van der Waals surface area contributed by atoms with E-state index in [9.17, 15) is 0 Å². The lowest BCUT2D eigenvalue weighted by Gasteiger charge is -2.38. The molecule has 0 aromatic rings. The zero-order chi connectivity index (χ0) is 12.9. The van der Waals surface area contributed by atoms with Gasteiger partial charge in [-0.15, -0.1) is 0 Å². The summed E-state index contributed by atoms with van der Waals surface area (Å²) in [5, 5.41) is 0. The van der Waals surface area contributed by atoms with Crippen molar-refractivity contribution in [3.63, 3.8) is 0 Å². The third-order valence-electron chi connectivity index (χ3n) is 3.11. The minimum atomic E-state index is -2.47. The zero-order valence-corrected chi connectivity index (χ0v) is 12.9. The summed E-state index contributed by atoms with van der Waals surface area (Å²) in [4.78, 5) is 7.11. The molecule has 0 atom stereocenters. The first-order valence-corrected chi connectivity index (χ1v) is 8.40. The van der Waals surface area contributed by atoms with Gasteiger partial charge in [0.2, 0.25) is 0 Å². The molecule has 17 heavy (non-hydrogen) atoms. The van der Waals surface area contributed by atoms with Crippen LogP contribution in [-0.4, -0.2) is 34.7 Å². The van der Waals surface area contributed by atoms with Crippen molar-refractivity contribution in [3.05, 3.63) is 0 Å². The van der Waals surface area contributed by atoms with Crippen molar-refractivity contribution in [2.24, 2.45) is 0 Å². The van der Waals surface area contributed by atoms with Crippen molar-refractivity contribution < 1.29 is 8.85 Å². The van der Waals surface area contributed by atoms with E-state index >= 15 is 0 Å². The van der Waals surface area contributed by atoms with Gasteiger partial charge < -0.3 is 8.85 Å². The summed E-state index contributed by atoms with van der Waals surface area (Å²) in [5.41, 5.74) is -0.0140. The van der Waals surface area contributed by atoms with Gasteiger partial charge in [-0.25, -0.2) is 0 Å². The molecule has 0 aromatic carbocycles. The number of rotatable bonds is 5. The van der Waals surface area contributed by atoms with Gasteiger partial charge in [-0.3, -0.25) is 9.96 Å². The molecule has 1 rings (SSSR count). The number of hydrogen-bond acceptors (Lipinski definition) is 4. The predicted molar refractivity (Wildman–Crippen MR) is 72.7 cm³/mol. The summed E-state index contributed by atoms with van der Waals surface area (Å²) in [6.07, 6.45) is 6.44. The van der Waals surface area contributed by atoms with Crippen LogP contribution >= 0.6 is 0 Å². The van der Waals surface area contributed by atoms with E-state index in [1.54, 1.807) is 14.2 Å². The lowest BCUT2D eigenvalue weighted by molar-refractivity contribution is 0.186. The van der Waals surface area contributed by atoms with Crippen molar-refractivity contribution >= 4 is 8.88 Å². The molecule has 2 N–H and O–H groups in total. The van der Waals surface area contributed by atoms with E-state index in [2.05, 4.69) is 30.7 Å². The molecule has 0 amide bonds. The Morgan fingerprint density at radius 3 is 1.94 bits per heavy atom. The molecule has 5 heteroatoms. The standard InChI is InChI=1S/C12H28N2O2Si/c1-12(2,3)14-17(15-4,16-5)13-11-9-7-6-8-10-11/h11,13-14H,6-10H2,1-5H3. The topological polar surface area (TPSA) is 42.5 Å². The summed E-state index contributed by atoms with van der Waals surface area (Å²) in [7, 11) is 0.987. The Morgan fingerprint density at radius 2 is 1.53 bits per heavy atom. The first-order chi connectivity index (χ1) is 7.91. The van der Waals surface area contributed by atoms with Crippen LogP contribution in [-0.2, 0) is 8.85 Å². The Bertz CT molecular complexity index is 221. The van der Waals surface area contributed by atoms with E-state index in [1.807, 2.05) is 0 Å². The molecule has 4 nitrogen and oxygen atoms in total. The molecule has 0 bridgehead atoms. The average molecular weight is 260 g/mol. The average Bonchev–Trinajstić information content (AvgIpc) is 2.27. The third kappa shape index (κ3) is 5.05. The summed E-state index contributed by atoms with van der Waals surface area (Å²) >= 11 is 0. The van der Waals surface area contributed by atoms with Gasteiger partial charge in [0, 0.05) is 25.8 Å². The highest BCUT2D eigenvalue weighted by molar-refractivity contribution is 6.62. The van der Waals surface area contributed by atoms with Crippen LogP contribution in [0.5, 0.6) is 0 Å². The van der Waals surface area contributed by atoms with Crippen molar-refractivity contribution in [3.8, 4) is 0 Å². The maximum Gasteiger partial charge on any atom is 0.517 e. The highest BCUT2D eigenvalue weighted by atomic mass is 28.4.